The van der Waals surface area contributed by atoms with Gasteiger partial charge in [-0.1, -0.05) is 11.8 Å². The Bertz CT molecular complexity index is 694. The van der Waals surface area contributed by atoms with Gasteiger partial charge in [0.15, 0.2) is 10.9 Å². The topological polar surface area (TPSA) is 76.9 Å². The molecule has 1 aromatic carbocycles. The van der Waals surface area contributed by atoms with Crippen molar-refractivity contribution in [2.24, 2.45) is 7.05 Å². The number of Topliss-reactive ketones (excluding diaryl/α,β-unsaturated/α-hetero) is 1. The van der Waals surface area contributed by atoms with E-state index in [1.807, 2.05) is 25.5 Å². The van der Waals surface area contributed by atoms with Gasteiger partial charge in [-0.3, -0.25) is 9.59 Å². The van der Waals surface area contributed by atoms with Crippen LogP contribution in [-0.4, -0.2) is 31.7 Å². The van der Waals surface area contributed by atoms with Gasteiger partial charge in [-0.05, 0) is 45.0 Å². The Kier molecular flexibility index (Phi) is 4.97. The number of aryl methyl sites for hydroxylation is 1. The Labute approximate surface area is 133 Å². The molecule has 1 amide bonds. The minimum atomic E-state index is -0.310. The van der Waals surface area contributed by atoms with Crippen LogP contribution >= 0.6 is 11.8 Å². The van der Waals surface area contributed by atoms with Crippen molar-refractivity contribution in [3.05, 3.63) is 35.7 Å². The summed E-state index contributed by atoms with van der Waals surface area (Å²) in [6.07, 6.45) is 0. The van der Waals surface area contributed by atoms with Crippen LogP contribution in [0.5, 0.6) is 0 Å². The lowest BCUT2D eigenvalue weighted by Gasteiger charge is -2.11. The Morgan fingerprint density at radius 2 is 1.86 bits per heavy atom. The number of ketones is 1. The SMILES string of the molecule is CC(=O)c1ccc(NC(=O)[C@@H](C)Sc2nnc(C)n2C)cc1. The van der Waals surface area contributed by atoms with Crippen LogP contribution in [0.1, 0.15) is 30.0 Å². The van der Waals surface area contributed by atoms with Crippen LogP contribution in [0.2, 0.25) is 0 Å². The average molecular weight is 318 g/mol. The number of hydrogen-bond acceptors (Lipinski definition) is 5. The fourth-order valence-corrected chi connectivity index (χ4v) is 2.59. The first-order valence-electron chi connectivity index (χ1n) is 6.83. The second-order valence-corrected chi connectivity index (χ2v) is 6.28. The van der Waals surface area contributed by atoms with Crippen LogP contribution in [0.4, 0.5) is 5.69 Å². The molecule has 22 heavy (non-hydrogen) atoms. The molecule has 1 aromatic heterocycles. The van der Waals surface area contributed by atoms with Crippen molar-refractivity contribution in [2.75, 3.05) is 5.32 Å². The molecule has 1 N–H and O–H groups in total. The van der Waals surface area contributed by atoms with Gasteiger partial charge in [0.05, 0.1) is 5.25 Å². The standard InChI is InChI=1S/C15H18N4O2S/c1-9(20)12-5-7-13(8-6-12)16-14(21)10(2)22-15-18-17-11(3)19(15)4/h5-8,10H,1-4H3,(H,16,21)/t10-/m1/s1. The molecule has 0 bridgehead atoms. The van der Waals surface area contributed by atoms with E-state index in [-0.39, 0.29) is 16.9 Å². The normalized spacial score (nSPS) is 12.0. The molecule has 116 valence electrons. The van der Waals surface area contributed by atoms with Gasteiger partial charge in [-0.15, -0.1) is 10.2 Å². The number of thioether (sulfide) groups is 1. The minimum absolute atomic E-state index is 0.000507. The highest BCUT2D eigenvalue weighted by molar-refractivity contribution is 8.00. The number of aromatic nitrogens is 3. The van der Waals surface area contributed by atoms with Gasteiger partial charge in [0.1, 0.15) is 5.82 Å². The quantitative estimate of drug-likeness (QED) is 0.677. The lowest BCUT2D eigenvalue weighted by Crippen LogP contribution is -2.22. The Morgan fingerprint density at radius 3 is 2.36 bits per heavy atom. The number of nitrogens with one attached hydrogen (secondary N) is 1. The molecule has 0 aliphatic rings. The lowest BCUT2D eigenvalue weighted by atomic mass is 10.1. The molecule has 6 nitrogen and oxygen atoms in total. The van der Waals surface area contributed by atoms with Crippen LogP contribution in [0.15, 0.2) is 29.4 Å². The number of nitrogens with zero attached hydrogens (tertiary/aromatic N) is 3. The predicted octanol–water partition coefficient (Wildman–Crippen LogP) is 2.45. The molecule has 0 radical (unpaired) electrons. The average Bonchev–Trinajstić information content (AvgIpc) is 2.79. The van der Waals surface area contributed by atoms with Crippen LogP contribution in [0.3, 0.4) is 0 Å². The van der Waals surface area contributed by atoms with Gasteiger partial charge >= 0.3 is 0 Å². The highest BCUT2D eigenvalue weighted by Gasteiger charge is 2.18. The van der Waals surface area contributed by atoms with Gasteiger partial charge in [0.2, 0.25) is 5.91 Å². The number of amides is 1. The first-order chi connectivity index (χ1) is 10.4. The molecule has 7 heteroatoms. The third-order valence-electron chi connectivity index (χ3n) is 3.26. The van der Waals surface area contributed by atoms with E-state index in [4.69, 9.17) is 0 Å². The first-order valence-corrected chi connectivity index (χ1v) is 7.71. The number of carbonyl (C=O) groups is 2. The summed E-state index contributed by atoms with van der Waals surface area (Å²) in [4.78, 5) is 23.4. The zero-order chi connectivity index (χ0) is 16.3. The summed E-state index contributed by atoms with van der Waals surface area (Å²) in [5, 5.41) is 11.2. The van der Waals surface area contributed by atoms with E-state index in [2.05, 4.69) is 15.5 Å². The van der Waals surface area contributed by atoms with Gasteiger partial charge in [0, 0.05) is 18.3 Å². The largest absolute Gasteiger partial charge is 0.325 e. The van der Waals surface area contributed by atoms with Crippen molar-refractivity contribution in [3.8, 4) is 0 Å². The van der Waals surface area contributed by atoms with Crippen LogP contribution < -0.4 is 5.32 Å². The maximum absolute atomic E-state index is 12.2. The van der Waals surface area contributed by atoms with Crippen LogP contribution in [0.25, 0.3) is 0 Å². The Morgan fingerprint density at radius 1 is 1.23 bits per heavy atom. The molecule has 0 saturated heterocycles. The van der Waals surface area contributed by atoms with E-state index >= 15 is 0 Å². The van der Waals surface area contributed by atoms with E-state index < -0.39 is 0 Å². The Balaban J connectivity index is 1.99. The highest BCUT2D eigenvalue weighted by Crippen LogP contribution is 2.22. The number of benzene rings is 1. The third kappa shape index (κ3) is 3.73. The zero-order valence-corrected chi connectivity index (χ0v) is 13.8. The lowest BCUT2D eigenvalue weighted by molar-refractivity contribution is -0.115. The van der Waals surface area contributed by atoms with E-state index in [1.165, 1.54) is 18.7 Å². The van der Waals surface area contributed by atoms with Crippen molar-refractivity contribution >= 4 is 29.1 Å². The zero-order valence-electron chi connectivity index (χ0n) is 13.0. The number of carbonyl (C=O) groups excluding carboxylic acids is 2. The minimum Gasteiger partial charge on any atom is -0.325 e. The molecule has 2 aromatic rings. The van der Waals surface area contributed by atoms with E-state index in [0.717, 1.165) is 5.82 Å². The van der Waals surface area contributed by atoms with E-state index in [9.17, 15) is 9.59 Å². The molecule has 1 heterocycles. The van der Waals surface area contributed by atoms with Gasteiger partial charge in [-0.25, -0.2) is 0 Å². The molecule has 0 unspecified atom stereocenters. The molecule has 0 aliphatic carbocycles. The molecular weight excluding hydrogens is 300 g/mol. The Hall–Kier alpha value is -2.15. The van der Waals surface area contributed by atoms with Crippen molar-refractivity contribution in [2.45, 2.75) is 31.2 Å². The smallest absolute Gasteiger partial charge is 0.237 e. The maximum atomic E-state index is 12.2. The molecule has 0 saturated carbocycles. The summed E-state index contributed by atoms with van der Waals surface area (Å²) in [6.45, 7) is 5.18. The summed E-state index contributed by atoms with van der Waals surface area (Å²) in [7, 11) is 1.86. The summed E-state index contributed by atoms with van der Waals surface area (Å²) in [5.41, 5.74) is 1.28. The summed E-state index contributed by atoms with van der Waals surface area (Å²) < 4.78 is 1.84. The summed E-state index contributed by atoms with van der Waals surface area (Å²) in [5.74, 6) is 0.676. The summed E-state index contributed by atoms with van der Waals surface area (Å²) in [6, 6.07) is 6.83. The van der Waals surface area contributed by atoms with Gasteiger partial charge in [0.25, 0.3) is 0 Å². The number of rotatable bonds is 5. The molecule has 0 fully saturated rings. The highest BCUT2D eigenvalue weighted by atomic mass is 32.2. The predicted molar refractivity (Wildman–Crippen MR) is 86.1 cm³/mol. The molecule has 0 aliphatic heterocycles. The number of hydrogen-bond donors (Lipinski definition) is 1. The van der Waals surface area contributed by atoms with Crippen LogP contribution in [-0.2, 0) is 11.8 Å². The monoisotopic (exact) mass is 318 g/mol. The number of anilines is 1. The van der Waals surface area contributed by atoms with Crippen molar-refractivity contribution in [1.29, 1.82) is 0 Å². The van der Waals surface area contributed by atoms with Crippen molar-refractivity contribution in [1.82, 2.24) is 14.8 Å². The fourth-order valence-electron chi connectivity index (χ4n) is 1.73. The molecule has 1 atom stereocenters. The molecular formula is C15H18N4O2S. The first kappa shape index (κ1) is 16.2. The van der Waals surface area contributed by atoms with Gasteiger partial charge < -0.3 is 9.88 Å². The third-order valence-corrected chi connectivity index (χ3v) is 4.40. The second-order valence-electron chi connectivity index (χ2n) is 4.97. The fraction of sp³-hybridized carbons (Fsp3) is 0.333. The summed E-state index contributed by atoms with van der Waals surface area (Å²) >= 11 is 1.35. The van der Waals surface area contributed by atoms with Crippen molar-refractivity contribution < 1.29 is 9.59 Å². The maximum Gasteiger partial charge on any atom is 0.237 e. The second kappa shape index (κ2) is 6.74. The molecule has 2 rings (SSSR count). The van der Waals surface area contributed by atoms with Gasteiger partial charge in [-0.2, -0.15) is 0 Å². The van der Waals surface area contributed by atoms with Crippen molar-refractivity contribution in [3.63, 3.8) is 0 Å². The van der Waals surface area contributed by atoms with E-state index in [1.54, 1.807) is 24.3 Å². The van der Waals surface area contributed by atoms with E-state index in [0.29, 0.717) is 16.4 Å². The van der Waals surface area contributed by atoms with Crippen LogP contribution in [0, 0.1) is 6.92 Å². The molecule has 0 spiro atoms.